The Morgan fingerprint density at radius 2 is 2.00 bits per heavy atom. The Bertz CT molecular complexity index is 322. The quantitative estimate of drug-likeness (QED) is 0.785. The maximum Gasteiger partial charge on any atom is 0.216 e. The molecule has 1 atom stereocenters. The molecule has 1 unspecified atom stereocenters. The summed E-state index contributed by atoms with van der Waals surface area (Å²) in [6.45, 7) is 5.24. The van der Waals surface area contributed by atoms with E-state index in [0.717, 1.165) is 11.5 Å². The highest BCUT2D eigenvalue weighted by atomic mass is 16.5. The van der Waals surface area contributed by atoms with Crippen LogP contribution in [0, 0.1) is 0 Å². The summed E-state index contributed by atoms with van der Waals surface area (Å²) in [5, 5.41) is 0. The minimum absolute atomic E-state index is 0.148. The van der Waals surface area contributed by atoms with E-state index in [1.54, 1.807) is 7.11 Å². The van der Waals surface area contributed by atoms with Gasteiger partial charge in [0, 0.05) is 12.7 Å². The Kier molecular flexibility index (Phi) is 5.57. The van der Waals surface area contributed by atoms with Crippen molar-refractivity contribution >= 4 is 5.90 Å². The first-order chi connectivity index (χ1) is 7.90. The molecule has 1 heterocycles. The van der Waals surface area contributed by atoms with Crippen LogP contribution in [0.25, 0.3) is 0 Å². The van der Waals surface area contributed by atoms with Gasteiger partial charge in [0.25, 0.3) is 0 Å². The van der Waals surface area contributed by atoms with Crippen LogP contribution in [-0.2, 0) is 9.47 Å². The molecule has 1 aliphatic rings. The van der Waals surface area contributed by atoms with Gasteiger partial charge in [-0.25, -0.2) is 4.99 Å². The first-order valence-electron chi connectivity index (χ1n) is 5.65. The average Bonchev–Trinajstić information content (AvgIpc) is 2.82. The van der Waals surface area contributed by atoms with Gasteiger partial charge < -0.3 is 9.47 Å². The van der Waals surface area contributed by atoms with E-state index in [-0.39, 0.29) is 6.04 Å². The summed E-state index contributed by atoms with van der Waals surface area (Å²) >= 11 is 0. The van der Waals surface area contributed by atoms with E-state index in [2.05, 4.69) is 4.99 Å². The van der Waals surface area contributed by atoms with Gasteiger partial charge in [0.2, 0.25) is 5.90 Å². The van der Waals surface area contributed by atoms with Gasteiger partial charge in [-0.2, -0.15) is 0 Å². The topological polar surface area (TPSA) is 30.8 Å². The highest BCUT2D eigenvalue weighted by molar-refractivity contribution is 5.95. The van der Waals surface area contributed by atoms with Gasteiger partial charge in [0.1, 0.15) is 12.6 Å². The summed E-state index contributed by atoms with van der Waals surface area (Å²) in [4.78, 5) is 4.42. The number of hydrogen-bond donors (Lipinski definition) is 0. The SMILES string of the molecule is CC.COCC1COC(c2ccccc2)=N1. The molecule has 0 fully saturated rings. The molecule has 0 radical (unpaired) electrons. The second-order valence-corrected chi connectivity index (χ2v) is 3.22. The maximum atomic E-state index is 5.47. The first-order valence-corrected chi connectivity index (χ1v) is 5.65. The maximum absolute atomic E-state index is 5.47. The van der Waals surface area contributed by atoms with Crippen molar-refractivity contribution in [2.75, 3.05) is 20.3 Å². The van der Waals surface area contributed by atoms with E-state index < -0.39 is 0 Å². The molecular weight excluding hydrogens is 202 g/mol. The molecule has 0 amide bonds. The highest BCUT2D eigenvalue weighted by Gasteiger charge is 2.19. The van der Waals surface area contributed by atoms with Crippen LogP contribution in [0.15, 0.2) is 35.3 Å². The Morgan fingerprint density at radius 3 is 2.62 bits per heavy atom. The van der Waals surface area contributed by atoms with E-state index in [1.807, 2.05) is 44.2 Å². The molecule has 0 N–H and O–H groups in total. The number of aliphatic imine (C=N–C) groups is 1. The molecule has 1 aromatic carbocycles. The largest absolute Gasteiger partial charge is 0.475 e. The molecular formula is C13H19NO2. The lowest BCUT2D eigenvalue weighted by atomic mass is 10.2. The fourth-order valence-corrected chi connectivity index (χ4v) is 1.43. The van der Waals surface area contributed by atoms with Crippen LogP contribution in [0.5, 0.6) is 0 Å². The molecule has 0 aromatic heterocycles. The van der Waals surface area contributed by atoms with Gasteiger partial charge >= 0.3 is 0 Å². The molecule has 3 heteroatoms. The van der Waals surface area contributed by atoms with Gasteiger partial charge in [-0.05, 0) is 12.1 Å². The van der Waals surface area contributed by atoms with Crippen LogP contribution >= 0.6 is 0 Å². The predicted molar refractivity (Wildman–Crippen MR) is 65.9 cm³/mol. The zero-order valence-electron chi connectivity index (χ0n) is 10.1. The third-order valence-corrected chi connectivity index (χ3v) is 2.09. The molecule has 0 saturated heterocycles. The molecule has 16 heavy (non-hydrogen) atoms. The minimum atomic E-state index is 0.148. The van der Waals surface area contributed by atoms with Crippen LogP contribution in [0.1, 0.15) is 19.4 Å². The third-order valence-electron chi connectivity index (χ3n) is 2.09. The molecule has 88 valence electrons. The number of benzene rings is 1. The normalized spacial score (nSPS) is 18.2. The summed E-state index contributed by atoms with van der Waals surface area (Å²) in [5.74, 6) is 0.729. The van der Waals surface area contributed by atoms with Crippen molar-refractivity contribution in [1.82, 2.24) is 0 Å². The predicted octanol–water partition coefficient (Wildman–Crippen LogP) is 2.50. The Labute approximate surface area is 97.1 Å². The molecule has 0 aliphatic carbocycles. The van der Waals surface area contributed by atoms with Crippen LogP contribution in [0.3, 0.4) is 0 Å². The van der Waals surface area contributed by atoms with Crippen molar-refractivity contribution in [3.63, 3.8) is 0 Å². The van der Waals surface area contributed by atoms with Crippen molar-refractivity contribution in [2.45, 2.75) is 19.9 Å². The van der Waals surface area contributed by atoms with E-state index in [0.29, 0.717) is 13.2 Å². The van der Waals surface area contributed by atoms with Crippen LogP contribution < -0.4 is 0 Å². The molecule has 3 nitrogen and oxygen atoms in total. The summed E-state index contributed by atoms with van der Waals surface area (Å²) in [6.07, 6.45) is 0. The van der Waals surface area contributed by atoms with Crippen LogP contribution in [-0.4, -0.2) is 32.3 Å². The van der Waals surface area contributed by atoms with Gasteiger partial charge in [-0.3, -0.25) is 0 Å². The number of methoxy groups -OCH3 is 1. The zero-order chi connectivity index (χ0) is 11.8. The second-order valence-electron chi connectivity index (χ2n) is 3.22. The van der Waals surface area contributed by atoms with Crippen LogP contribution in [0.2, 0.25) is 0 Å². The highest BCUT2D eigenvalue weighted by Crippen LogP contribution is 2.11. The third kappa shape index (κ3) is 3.35. The lowest BCUT2D eigenvalue weighted by Crippen LogP contribution is -2.12. The van der Waals surface area contributed by atoms with Crippen molar-refractivity contribution in [3.8, 4) is 0 Å². The molecule has 1 aliphatic heterocycles. The Morgan fingerprint density at radius 1 is 1.31 bits per heavy atom. The van der Waals surface area contributed by atoms with Crippen LogP contribution in [0.4, 0.5) is 0 Å². The standard InChI is InChI=1S/C11H13NO2.C2H6/c1-13-7-10-8-14-11(12-10)9-5-3-2-4-6-9;1-2/h2-6,10H,7-8H2,1H3;1-2H3. The van der Waals surface area contributed by atoms with E-state index in [4.69, 9.17) is 9.47 Å². The molecule has 0 saturated carbocycles. The summed E-state index contributed by atoms with van der Waals surface area (Å²) in [5.41, 5.74) is 1.03. The van der Waals surface area contributed by atoms with Crippen molar-refractivity contribution in [2.24, 2.45) is 4.99 Å². The molecule has 2 rings (SSSR count). The number of ether oxygens (including phenoxy) is 2. The lowest BCUT2D eigenvalue weighted by molar-refractivity contribution is 0.165. The number of hydrogen-bond acceptors (Lipinski definition) is 3. The minimum Gasteiger partial charge on any atom is -0.475 e. The van der Waals surface area contributed by atoms with E-state index in [9.17, 15) is 0 Å². The van der Waals surface area contributed by atoms with Gasteiger partial charge in [-0.15, -0.1) is 0 Å². The molecule has 0 spiro atoms. The van der Waals surface area contributed by atoms with Gasteiger partial charge in [-0.1, -0.05) is 32.0 Å². The van der Waals surface area contributed by atoms with E-state index in [1.165, 1.54) is 0 Å². The lowest BCUT2D eigenvalue weighted by Gasteiger charge is -2.00. The summed E-state index contributed by atoms with van der Waals surface area (Å²) in [6, 6.07) is 10.1. The Hall–Kier alpha value is -1.35. The van der Waals surface area contributed by atoms with Crippen molar-refractivity contribution in [1.29, 1.82) is 0 Å². The van der Waals surface area contributed by atoms with Gasteiger partial charge in [0.05, 0.1) is 6.61 Å². The summed E-state index contributed by atoms with van der Waals surface area (Å²) in [7, 11) is 1.68. The second kappa shape index (κ2) is 7.01. The average molecular weight is 221 g/mol. The molecule has 0 bridgehead atoms. The first kappa shape index (κ1) is 12.7. The molecule has 1 aromatic rings. The monoisotopic (exact) mass is 221 g/mol. The summed E-state index contributed by atoms with van der Waals surface area (Å²) < 4.78 is 10.5. The smallest absolute Gasteiger partial charge is 0.216 e. The number of nitrogens with zero attached hydrogens (tertiary/aromatic N) is 1. The number of rotatable bonds is 3. The zero-order valence-corrected chi connectivity index (χ0v) is 10.1. The fraction of sp³-hybridized carbons (Fsp3) is 0.462. The van der Waals surface area contributed by atoms with Gasteiger partial charge in [0.15, 0.2) is 0 Å². The van der Waals surface area contributed by atoms with E-state index >= 15 is 0 Å². The fourth-order valence-electron chi connectivity index (χ4n) is 1.43. The van der Waals surface area contributed by atoms with Crippen molar-refractivity contribution < 1.29 is 9.47 Å². The Balaban J connectivity index is 0.000000606. The van der Waals surface area contributed by atoms with Crippen molar-refractivity contribution in [3.05, 3.63) is 35.9 Å².